The zero-order chi connectivity index (χ0) is 25.3. The summed E-state index contributed by atoms with van der Waals surface area (Å²) in [5.74, 6) is -0.986. The smallest absolute Gasteiger partial charge is 0.325 e. The number of carbonyl (C=O) groups excluding carboxylic acids is 3. The van der Waals surface area contributed by atoms with Crippen molar-refractivity contribution in [2.75, 3.05) is 13.1 Å². The van der Waals surface area contributed by atoms with Gasteiger partial charge in [-0.15, -0.1) is 0 Å². The number of hydrogen-bond acceptors (Lipinski definition) is 4. The van der Waals surface area contributed by atoms with Gasteiger partial charge in [-0.1, -0.05) is 36.4 Å². The van der Waals surface area contributed by atoms with Crippen molar-refractivity contribution in [2.24, 2.45) is 5.92 Å². The molecule has 8 heteroatoms. The average Bonchev–Trinajstić information content (AvgIpc) is 3.16. The molecule has 2 aromatic carbocycles. The second-order valence-corrected chi connectivity index (χ2v) is 9.38. The molecule has 2 aliphatic rings. The maximum Gasteiger partial charge on any atom is 0.325 e. The number of nitrogens with zero attached hydrogens (tertiary/aromatic N) is 3. The zero-order valence-corrected chi connectivity index (χ0v) is 20.0. The van der Waals surface area contributed by atoms with Gasteiger partial charge in [0, 0.05) is 36.6 Å². The van der Waals surface area contributed by atoms with E-state index in [1.165, 1.54) is 17.0 Å². The molecule has 3 heterocycles. The summed E-state index contributed by atoms with van der Waals surface area (Å²) >= 11 is 0. The fourth-order valence-corrected chi connectivity index (χ4v) is 5.31. The van der Waals surface area contributed by atoms with Crippen LogP contribution in [0, 0.1) is 18.7 Å². The van der Waals surface area contributed by atoms with E-state index in [1.54, 1.807) is 36.7 Å². The van der Waals surface area contributed by atoms with E-state index in [9.17, 15) is 18.8 Å². The molecule has 0 aliphatic carbocycles. The minimum Gasteiger partial charge on any atom is -0.339 e. The third-order valence-corrected chi connectivity index (χ3v) is 7.27. The normalized spacial score (nSPS) is 20.5. The Bertz CT molecular complexity index is 1290. The summed E-state index contributed by atoms with van der Waals surface area (Å²) in [7, 11) is 0. The lowest BCUT2D eigenvalue weighted by Crippen LogP contribution is -2.54. The van der Waals surface area contributed by atoms with E-state index >= 15 is 0 Å². The van der Waals surface area contributed by atoms with Crippen LogP contribution < -0.4 is 5.32 Å². The van der Waals surface area contributed by atoms with Crippen molar-refractivity contribution < 1.29 is 18.8 Å². The molecule has 184 valence electrons. The van der Waals surface area contributed by atoms with Crippen molar-refractivity contribution in [3.63, 3.8) is 0 Å². The Labute approximate surface area is 208 Å². The number of benzene rings is 2. The number of piperidine rings is 1. The summed E-state index contributed by atoms with van der Waals surface area (Å²) in [5.41, 5.74) is 1.59. The Morgan fingerprint density at radius 3 is 2.44 bits per heavy atom. The zero-order valence-electron chi connectivity index (χ0n) is 20.0. The molecule has 5 rings (SSSR count). The van der Waals surface area contributed by atoms with Crippen LogP contribution in [0.1, 0.15) is 39.9 Å². The van der Waals surface area contributed by atoms with Gasteiger partial charge in [0.2, 0.25) is 0 Å². The van der Waals surface area contributed by atoms with Crippen LogP contribution in [-0.4, -0.2) is 45.7 Å². The molecule has 0 bridgehead atoms. The first-order chi connectivity index (χ1) is 17.4. The van der Waals surface area contributed by atoms with Crippen molar-refractivity contribution >= 4 is 17.8 Å². The molecule has 36 heavy (non-hydrogen) atoms. The Kier molecular flexibility index (Phi) is 6.26. The third kappa shape index (κ3) is 4.12. The lowest BCUT2D eigenvalue weighted by Gasteiger charge is -2.41. The highest BCUT2D eigenvalue weighted by molar-refractivity contribution is 6.07. The topological polar surface area (TPSA) is 82.6 Å². The van der Waals surface area contributed by atoms with Crippen LogP contribution in [0.15, 0.2) is 73.1 Å². The Morgan fingerprint density at radius 2 is 1.78 bits per heavy atom. The molecule has 2 aliphatic heterocycles. The summed E-state index contributed by atoms with van der Waals surface area (Å²) in [6, 6.07) is 16.3. The van der Waals surface area contributed by atoms with E-state index in [1.807, 2.05) is 36.1 Å². The van der Waals surface area contributed by atoms with Crippen molar-refractivity contribution in [3.05, 3.63) is 101 Å². The monoisotopic (exact) mass is 486 g/mol. The van der Waals surface area contributed by atoms with E-state index in [0.717, 1.165) is 5.56 Å². The van der Waals surface area contributed by atoms with Gasteiger partial charge >= 0.3 is 6.03 Å². The van der Waals surface area contributed by atoms with Crippen molar-refractivity contribution in [1.29, 1.82) is 0 Å². The molecule has 0 saturated carbocycles. The Hall–Kier alpha value is -4.07. The molecule has 0 spiro atoms. The van der Waals surface area contributed by atoms with Crippen LogP contribution in [0.4, 0.5) is 9.18 Å². The highest BCUT2D eigenvalue weighted by Crippen LogP contribution is 2.41. The van der Waals surface area contributed by atoms with Crippen LogP contribution in [0.3, 0.4) is 0 Å². The summed E-state index contributed by atoms with van der Waals surface area (Å²) in [4.78, 5) is 47.4. The Balaban J connectivity index is 1.41. The summed E-state index contributed by atoms with van der Waals surface area (Å²) in [6.45, 7) is 2.90. The van der Waals surface area contributed by atoms with Gasteiger partial charge in [0.05, 0.1) is 6.54 Å². The third-order valence-electron chi connectivity index (χ3n) is 7.27. The maximum absolute atomic E-state index is 14.0. The molecule has 0 radical (unpaired) electrons. The van der Waals surface area contributed by atoms with Gasteiger partial charge in [0.15, 0.2) is 5.54 Å². The van der Waals surface area contributed by atoms with E-state index in [0.29, 0.717) is 42.6 Å². The largest absolute Gasteiger partial charge is 0.339 e. The molecule has 1 aromatic heterocycles. The van der Waals surface area contributed by atoms with Crippen molar-refractivity contribution in [3.8, 4) is 0 Å². The molecule has 4 amide bonds. The van der Waals surface area contributed by atoms with Gasteiger partial charge in [-0.25, -0.2) is 9.18 Å². The minimum absolute atomic E-state index is 0.0262. The fraction of sp³-hybridized carbons (Fsp3) is 0.286. The number of nitrogens with one attached hydrogen (secondary N) is 1. The number of carbonyl (C=O) groups is 3. The second-order valence-electron chi connectivity index (χ2n) is 9.38. The van der Waals surface area contributed by atoms with Crippen molar-refractivity contribution in [2.45, 2.75) is 31.8 Å². The van der Waals surface area contributed by atoms with E-state index in [4.69, 9.17) is 0 Å². The van der Waals surface area contributed by atoms with Gasteiger partial charge in [-0.3, -0.25) is 19.5 Å². The molecule has 1 atom stereocenters. The molecule has 1 N–H and O–H groups in total. The van der Waals surface area contributed by atoms with Crippen LogP contribution >= 0.6 is 0 Å². The first-order valence-electron chi connectivity index (χ1n) is 12.0. The number of imide groups is 1. The lowest BCUT2D eigenvalue weighted by atomic mass is 9.73. The van der Waals surface area contributed by atoms with E-state index in [-0.39, 0.29) is 30.1 Å². The van der Waals surface area contributed by atoms with Gasteiger partial charge < -0.3 is 10.2 Å². The first kappa shape index (κ1) is 23.7. The lowest BCUT2D eigenvalue weighted by molar-refractivity contribution is -0.134. The first-order valence-corrected chi connectivity index (χ1v) is 12.0. The van der Waals surface area contributed by atoms with Gasteiger partial charge in [0.1, 0.15) is 5.82 Å². The van der Waals surface area contributed by atoms with Crippen LogP contribution in [-0.2, 0) is 16.9 Å². The molecular formula is C28H27FN4O3. The van der Waals surface area contributed by atoms with E-state index in [2.05, 4.69) is 10.3 Å². The van der Waals surface area contributed by atoms with Crippen LogP contribution in [0.2, 0.25) is 0 Å². The highest BCUT2D eigenvalue weighted by Gasteiger charge is 2.57. The number of hydrogen-bond donors (Lipinski definition) is 1. The SMILES string of the molecule is Cc1ccccc1C(=O)N1CCC(C2(c3cccnc3)NC(=O)N(Cc3ccc(F)cc3)C2=O)CC1. The number of amides is 4. The number of aromatic nitrogens is 1. The predicted octanol–water partition coefficient (Wildman–Crippen LogP) is 4.03. The van der Waals surface area contributed by atoms with Crippen LogP contribution in [0.5, 0.6) is 0 Å². The Morgan fingerprint density at radius 1 is 1.06 bits per heavy atom. The molecule has 3 aromatic rings. The number of likely N-dealkylation sites (tertiary alicyclic amines) is 1. The quantitative estimate of drug-likeness (QED) is 0.552. The minimum atomic E-state index is -1.27. The van der Waals surface area contributed by atoms with Gasteiger partial charge in [-0.05, 0) is 61.1 Å². The number of urea groups is 1. The fourth-order valence-electron chi connectivity index (χ4n) is 5.31. The van der Waals surface area contributed by atoms with E-state index < -0.39 is 11.6 Å². The second kappa shape index (κ2) is 9.53. The average molecular weight is 487 g/mol. The number of pyridine rings is 1. The molecule has 1 unspecified atom stereocenters. The molecule has 7 nitrogen and oxygen atoms in total. The maximum atomic E-state index is 14.0. The van der Waals surface area contributed by atoms with Gasteiger partial charge in [-0.2, -0.15) is 0 Å². The standard InChI is InChI=1S/C28H27FN4O3/c1-19-5-2-3-7-24(19)25(34)32-15-12-21(13-16-32)28(22-6-4-14-30-17-22)26(35)33(27(36)31-28)18-20-8-10-23(29)11-9-20/h2-11,14,17,21H,12-13,15-16,18H2,1H3,(H,31,36). The number of rotatable bonds is 5. The summed E-state index contributed by atoms with van der Waals surface area (Å²) in [5, 5.41) is 2.99. The van der Waals surface area contributed by atoms with Crippen LogP contribution in [0.25, 0.3) is 0 Å². The molecule has 2 saturated heterocycles. The molecular weight excluding hydrogens is 459 g/mol. The number of halogens is 1. The molecule has 2 fully saturated rings. The highest BCUT2D eigenvalue weighted by atomic mass is 19.1. The predicted molar refractivity (Wildman–Crippen MR) is 131 cm³/mol. The van der Waals surface area contributed by atoms with Crippen molar-refractivity contribution in [1.82, 2.24) is 20.1 Å². The summed E-state index contributed by atoms with van der Waals surface area (Å²) in [6.07, 6.45) is 4.33. The number of aryl methyl sites for hydroxylation is 1. The summed E-state index contributed by atoms with van der Waals surface area (Å²) < 4.78 is 13.4. The van der Waals surface area contributed by atoms with Gasteiger partial charge in [0.25, 0.3) is 11.8 Å².